The van der Waals surface area contributed by atoms with Crippen LogP contribution in [0.25, 0.3) is 0 Å². The largest absolute Gasteiger partial charge is 0.508 e. The van der Waals surface area contributed by atoms with E-state index in [0.717, 1.165) is 6.07 Å². The Hall–Kier alpha value is -3.58. The number of hydrogen-bond acceptors (Lipinski definition) is 12. The van der Waals surface area contributed by atoms with Gasteiger partial charge in [0.15, 0.2) is 11.5 Å². The highest BCUT2D eigenvalue weighted by Crippen LogP contribution is 2.38. The predicted molar refractivity (Wildman–Crippen MR) is 118 cm³/mol. The van der Waals surface area contributed by atoms with Crippen molar-refractivity contribution in [1.82, 2.24) is 0 Å². The minimum absolute atomic E-state index is 0.0439. The molecule has 0 amide bonds. The summed E-state index contributed by atoms with van der Waals surface area (Å²) in [6.45, 7) is -0.517. The second-order valence-corrected chi connectivity index (χ2v) is 8.59. The number of ether oxygens (including phenoxy) is 4. The van der Waals surface area contributed by atoms with Crippen LogP contribution in [0.1, 0.15) is 28.8 Å². The Morgan fingerprint density at radius 3 is 2.36 bits per heavy atom. The van der Waals surface area contributed by atoms with Crippen molar-refractivity contribution in [1.29, 1.82) is 0 Å². The molecule has 2 aromatic carbocycles. The fraction of sp³-hybridized carbons (Fsp3) is 0.417. The molecule has 36 heavy (non-hydrogen) atoms. The molecule has 0 spiro atoms. The monoisotopic (exact) mass is 506 g/mol. The average Bonchev–Trinajstić information content (AvgIpc) is 3.25. The molecule has 2 aliphatic rings. The van der Waals surface area contributed by atoms with Crippen molar-refractivity contribution in [2.75, 3.05) is 6.61 Å². The van der Waals surface area contributed by atoms with E-state index < -0.39 is 55.1 Å². The summed E-state index contributed by atoms with van der Waals surface area (Å²) >= 11 is 0. The van der Waals surface area contributed by atoms with Crippen LogP contribution in [0, 0.1) is 0 Å². The van der Waals surface area contributed by atoms with Gasteiger partial charge < -0.3 is 49.6 Å². The maximum Gasteiger partial charge on any atom is 0.338 e. The van der Waals surface area contributed by atoms with Gasteiger partial charge >= 0.3 is 11.9 Å². The van der Waals surface area contributed by atoms with Crippen LogP contribution in [0.4, 0.5) is 0 Å². The number of phenolic OH excluding ortho intramolecular Hbond substituents is 3. The predicted octanol–water partition coefficient (Wildman–Crippen LogP) is 0.0949. The third-order valence-electron chi connectivity index (χ3n) is 5.93. The minimum Gasteiger partial charge on any atom is -0.508 e. The van der Waals surface area contributed by atoms with Crippen molar-refractivity contribution >= 4 is 11.9 Å². The summed E-state index contributed by atoms with van der Waals surface area (Å²) in [5.74, 6) is -2.17. The number of aliphatic hydroxyl groups is 3. The molecule has 194 valence electrons. The van der Waals surface area contributed by atoms with Gasteiger partial charge in [0.05, 0.1) is 5.56 Å². The van der Waals surface area contributed by atoms with Crippen molar-refractivity contribution in [3.8, 4) is 23.0 Å². The van der Waals surface area contributed by atoms with Gasteiger partial charge in [0, 0.05) is 24.5 Å². The number of aliphatic hydroxyl groups excluding tert-OH is 3. The van der Waals surface area contributed by atoms with Crippen molar-refractivity contribution in [3.05, 3.63) is 47.5 Å². The number of hydrogen-bond donors (Lipinski definition) is 6. The van der Waals surface area contributed by atoms with Crippen molar-refractivity contribution in [2.45, 2.75) is 56.1 Å². The van der Waals surface area contributed by atoms with Crippen LogP contribution in [0.15, 0.2) is 36.4 Å². The number of phenols is 3. The second-order valence-electron chi connectivity index (χ2n) is 8.59. The first-order chi connectivity index (χ1) is 17.1. The fourth-order valence-electron chi connectivity index (χ4n) is 4.02. The summed E-state index contributed by atoms with van der Waals surface area (Å²) < 4.78 is 21.5. The molecule has 2 aromatic rings. The van der Waals surface area contributed by atoms with E-state index in [0.29, 0.717) is 6.42 Å². The van der Waals surface area contributed by atoms with Gasteiger partial charge in [0.2, 0.25) is 6.29 Å². The highest BCUT2D eigenvalue weighted by atomic mass is 16.7. The number of cyclic esters (lactones) is 1. The van der Waals surface area contributed by atoms with Crippen molar-refractivity contribution < 1.29 is 59.2 Å². The SMILES string of the molecule is O=C1CC[C@@H](Cc2cc(O)cc(O)c2O[C@@H]2O[C@H](COC(=O)c3ccc(O)cc3)[C@@H](O)[C@H](O)[C@H]2O)O1. The van der Waals surface area contributed by atoms with Gasteiger partial charge in [-0.3, -0.25) is 4.79 Å². The molecule has 2 aliphatic heterocycles. The van der Waals surface area contributed by atoms with E-state index >= 15 is 0 Å². The molecule has 0 aromatic heterocycles. The first kappa shape index (κ1) is 25.5. The standard InChI is InChI=1S/C24H26O12/c25-13-3-1-11(2-4-13)23(32)33-10-17-19(29)20(30)21(31)24(35-17)36-22-12(7-14(26)9-16(22)27)8-15-5-6-18(28)34-15/h1-4,7,9,15,17,19-21,24-27,29-31H,5-6,8,10H2/t15-,17+,19+,20-,21+,24-/m0/s1. The number of rotatable bonds is 7. The lowest BCUT2D eigenvalue weighted by atomic mass is 9.99. The van der Waals surface area contributed by atoms with Crippen LogP contribution in [-0.2, 0) is 25.4 Å². The van der Waals surface area contributed by atoms with E-state index in [2.05, 4.69) is 0 Å². The molecule has 2 fully saturated rings. The zero-order valence-electron chi connectivity index (χ0n) is 18.9. The molecule has 4 rings (SSSR count). The van der Waals surface area contributed by atoms with E-state index in [-0.39, 0.29) is 47.2 Å². The Morgan fingerprint density at radius 2 is 1.69 bits per heavy atom. The van der Waals surface area contributed by atoms with E-state index in [1.807, 2.05) is 0 Å². The summed E-state index contributed by atoms with van der Waals surface area (Å²) in [6.07, 6.45) is -7.84. The zero-order valence-corrected chi connectivity index (χ0v) is 18.9. The summed E-state index contributed by atoms with van der Waals surface area (Å²) in [7, 11) is 0. The molecule has 2 saturated heterocycles. The number of benzene rings is 2. The fourth-order valence-corrected chi connectivity index (χ4v) is 4.02. The van der Waals surface area contributed by atoms with Crippen LogP contribution < -0.4 is 4.74 Å². The lowest BCUT2D eigenvalue weighted by Gasteiger charge is -2.40. The molecule has 6 atom stereocenters. The Labute approximate surface area is 204 Å². The molecule has 2 heterocycles. The highest BCUT2D eigenvalue weighted by molar-refractivity contribution is 5.89. The number of carbonyl (C=O) groups excluding carboxylic acids is 2. The third-order valence-corrected chi connectivity index (χ3v) is 5.93. The van der Waals surface area contributed by atoms with E-state index in [4.69, 9.17) is 18.9 Å². The normalized spacial score (nSPS) is 27.9. The molecule has 6 N–H and O–H groups in total. The smallest absolute Gasteiger partial charge is 0.338 e. The molecule has 0 bridgehead atoms. The zero-order chi connectivity index (χ0) is 26.0. The Balaban J connectivity index is 1.48. The Morgan fingerprint density at radius 1 is 0.972 bits per heavy atom. The van der Waals surface area contributed by atoms with Gasteiger partial charge in [-0.25, -0.2) is 4.79 Å². The van der Waals surface area contributed by atoms with Crippen LogP contribution in [0.2, 0.25) is 0 Å². The van der Waals surface area contributed by atoms with Crippen LogP contribution in [0.5, 0.6) is 23.0 Å². The van der Waals surface area contributed by atoms with Gasteiger partial charge in [-0.2, -0.15) is 0 Å². The number of carbonyl (C=O) groups is 2. The molecular formula is C24H26O12. The van der Waals surface area contributed by atoms with Gasteiger partial charge in [0.1, 0.15) is 48.6 Å². The van der Waals surface area contributed by atoms with Crippen LogP contribution in [0.3, 0.4) is 0 Å². The second kappa shape index (κ2) is 10.6. The van der Waals surface area contributed by atoms with E-state index in [1.165, 1.54) is 30.3 Å². The number of aromatic hydroxyl groups is 3. The maximum absolute atomic E-state index is 12.3. The third kappa shape index (κ3) is 5.62. The van der Waals surface area contributed by atoms with E-state index in [1.54, 1.807) is 0 Å². The molecule has 0 radical (unpaired) electrons. The lowest BCUT2D eigenvalue weighted by molar-refractivity contribution is -0.277. The lowest BCUT2D eigenvalue weighted by Crippen LogP contribution is -2.60. The molecule has 0 aliphatic carbocycles. The summed E-state index contributed by atoms with van der Waals surface area (Å²) in [6, 6.07) is 7.53. The van der Waals surface area contributed by atoms with Gasteiger partial charge in [-0.15, -0.1) is 0 Å². The summed E-state index contributed by atoms with van der Waals surface area (Å²) in [4.78, 5) is 23.7. The van der Waals surface area contributed by atoms with Crippen molar-refractivity contribution in [3.63, 3.8) is 0 Å². The van der Waals surface area contributed by atoms with Crippen LogP contribution >= 0.6 is 0 Å². The Bertz CT molecular complexity index is 1100. The van der Waals surface area contributed by atoms with Gasteiger partial charge in [-0.05, 0) is 36.8 Å². The molecule has 12 nitrogen and oxygen atoms in total. The van der Waals surface area contributed by atoms with E-state index in [9.17, 15) is 40.2 Å². The quantitative estimate of drug-likeness (QED) is 0.278. The van der Waals surface area contributed by atoms with Crippen LogP contribution in [-0.4, -0.2) is 86.0 Å². The molecular weight excluding hydrogens is 480 g/mol. The first-order valence-electron chi connectivity index (χ1n) is 11.2. The summed E-state index contributed by atoms with van der Waals surface area (Å²) in [5.41, 5.74) is 0.372. The number of esters is 2. The maximum atomic E-state index is 12.3. The molecule has 0 saturated carbocycles. The minimum atomic E-state index is -1.76. The first-order valence-corrected chi connectivity index (χ1v) is 11.2. The topological polar surface area (TPSA) is 192 Å². The Kier molecular flexibility index (Phi) is 7.50. The van der Waals surface area contributed by atoms with Crippen molar-refractivity contribution in [2.24, 2.45) is 0 Å². The highest BCUT2D eigenvalue weighted by Gasteiger charge is 2.46. The average molecular weight is 506 g/mol. The molecule has 0 unspecified atom stereocenters. The van der Waals surface area contributed by atoms with Gasteiger partial charge in [-0.1, -0.05) is 0 Å². The summed E-state index contributed by atoms with van der Waals surface area (Å²) in [5, 5.41) is 60.7. The van der Waals surface area contributed by atoms with Gasteiger partial charge in [0.25, 0.3) is 0 Å². The molecule has 12 heteroatoms.